The van der Waals surface area contributed by atoms with Crippen LogP contribution in [0.4, 0.5) is 0 Å². The van der Waals surface area contributed by atoms with Crippen LogP contribution < -0.4 is 10.1 Å². The lowest BCUT2D eigenvalue weighted by Gasteiger charge is -2.35. The SMILES string of the molecule is CCCNC(=O)CN1CCN(C(=O)C2=Cc3ccccc3OC2)CC1. The van der Waals surface area contributed by atoms with Gasteiger partial charge in [-0.3, -0.25) is 14.5 Å². The van der Waals surface area contributed by atoms with Crippen LogP contribution in [0.1, 0.15) is 18.9 Å². The molecule has 1 N–H and O–H groups in total. The maximum Gasteiger partial charge on any atom is 0.253 e. The maximum absolute atomic E-state index is 12.7. The van der Waals surface area contributed by atoms with Crippen molar-refractivity contribution in [2.75, 3.05) is 45.9 Å². The van der Waals surface area contributed by atoms with Crippen molar-refractivity contribution in [3.8, 4) is 5.75 Å². The van der Waals surface area contributed by atoms with Crippen LogP contribution in [-0.4, -0.2) is 67.5 Å². The molecule has 6 nitrogen and oxygen atoms in total. The number of carbonyl (C=O) groups is 2. The number of fused-ring (bicyclic) bond motifs is 1. The molecule has 1 aromatic rings. The highest BCUT2D eigenvalue weighted by Gasteiger charge is 2.26. The van der Waals surface area contributed by atoms with Gasteiger partial charge in [-0.05, 0) is 18.6 Å². The summed E-state index contributed by atoms with van der Waals surface area (Å²) < 4.78 is 5.68. The average Bonchev–Trinajstić information content (AvgIpc) is 2.66. The molecule has 0 saturated carbocycles. The van der Waals surface area contributed by atoms with Gasteiger partial charge in [0.05, 0.1) is 12.1 Å². The van der Waals surface area contributed by atoms with Gasteiger partial charge in [-0.15, -0.1) is 0 Å². The Labute approximate surface area is 148 Å². The normalized spacial score (nSPS) is 17.3. The van der Waals surface area contributed by atoms with Crippen molar-refractivity contribution in [1.29, 1.82) is 0 Å². The molecule has 1 fully saturated rings. The second-order valence-corrected chi connectivity index (χ2v) is 6.41. The lowest BCUT2D eigenvalue weighted by Crippen LogP contribution is -2.51. The fourth-order valence-corrected chi connectivity index (χ4v) is 3.08. The largest absolute Gasteiger partial charge is 0.488 e. The Bertz CT molecular complexity index is 664. The summed E-state index contributed by atoms with van der Waals surface area (Å²) in [4.78, 5) is 28.4. The summed E-state index contributed by atoms with van der Waals surface area (Å²) in [5.74, 6) is 0.910. The first kappa shape index (κ1) is 17.5. The quantitative estimate of drug-likeness (QED) is 0.871. The van der Waals surface area contributed by atoms with Crippen molar-refractivity contribution >= 4 is 17.9 Å². The Morgan fingerprint density at radius 2 is 1.92 bits per heavy atom. The van der Waals surface area contributed by atoms with E-state index in [1.807, 2.05) is 42.2 Å². The molecule has 1 aromatic carbocycles. The minimum atomic E-state index is 0.0320. The van der Waals surface area contributed by atoms with Gasteiger partial charge in [0.1, 0.15) is 12.4 Å². The molecule has 2 aliphatic heterocycles. The van der Waals surface area contributed by atoms with Crippen molar-refractivity contribution in [1.82, 2.24) is 15.1 Å². The smallest absolute Gasteiger partial charge is 0.253 e. The molecule has 0 bridgehead atoms. The van der Waals surface area contributed by atoms with Crippen LogP contribution in [-0.2, 0) is 9.59 Å². The van der Waals surface area contributed by atoms with Crippen LogP contribution in [0.15, 0.2) is 29.8 Å². The molecule has 1 saturated heterocycles. The number of piperazine rings is 1. The van der Waals surface area contributed by atoms with Crippen molar-refractivity contribution in [2.24, 2.45) is 0 Å². The third-order valence-corrected chi connectivity index (χ3v) is 4.51. The first-order valence-electron chi connectivity index (χ1n) is 8.88. The van der Waals surface area contributed by atoms with E-state index >= 15 is 0 Å². The zero-order valence-corrected chi connectivity index (χ0v) is 14.7. The predicted octanol–water partition coefficient (Wildman–Crippen LogP) is 1.13. The number of carbonyl (C=O) groups excluding carboxylic acids is 2. The molecule has 0 atom stereocenters. The Morgan fingerprint density at radius 3 is 2.68 bits per heavy atom. The Kier molecular flexibility index (Phi) is 5.71. The van der Waals surface area contributed by atoms with Gasteiger partial charge >= 0.3 is 0 Å². The van der Waals surface area contributed by atoms with Gasteiger partial charge in [0.25, 0.3) is 5.91 Å². The molecule has 0 aromatic heterocycles. The summed E-state index contributed by atoms with van der Waals surface area (Å²) >= 11 is 0. The predicted molar refractivity (Wildman–Crippen MR) is 96.2 cm³/mol. The lowest BCUT2D eigenvalue weighted by atomic mass is 10.1. The second kappa shape index (κ2) is 8.16. The van der Waals surface area contributed by atoms with Gasteiger partial charge in [-0.25, -0.2) is 0 Å². The summed E-state index contributed by atoms with van der Waals surface area (Å²) in [5.41, 5.74) is 1.64. The maximum atomic E-state index is 12.7. The minimum absolute atomic E-state index is 0.0320. The number of hydrogen-bond donors (Lipinski definition) is 1. The molecule has 134 valence electrons. The number of nitrogens with one attached hydrogen (secondary N) is 1. The molecular weight excluding hydrogens is 318 g/mol. The molecule has 0 radical (unpaired) electrons. The molecule has 2 aliphatic rings. The lowest BCUT2D eigenvalue weighted by molar-refractivity contribution is -0.129. The van der Waals surface area contributed by atoms with Crippen LogP contribution >= 0.6 is 0 Å². The van der Waals surface area contributed by atoms with Gasteiger partial charge in [-0.2, -0.15) is 0 Å². The Balaban J connectivity index is 1.52. The van der Waals surface area contributed by atoms with Crippen LogP contribution in [0.3, 0.4) is 0 Å². The fraction of sp³-hybridized carbons (Fsp3) is 0.474. The number of rotatable bonds is 5. The zero-order valence-electron chi connectivity index (χ0n) is 14.7. The Morgan fingerprint density at radius 1 is 1.16 bits per heavy atom. The van der Waals surface area contributed by atoms with E-state index in [0.29, 0.717) is 38.4 Å². The summed E-state index contributed by atoms with van der Waals surface area (Å²) in [6.07, 6.45) is 2.86. The average molecular weight is 343 g/mol. The first-order valence-corrected chi connectivity index (χ1v) is 8.88. The standard InChI is InChI=1S/C19H25N3O3/c1-2-7-20-18(23)13-21-8-10-22(11-9-21)19(24)16-12-15-5-3-4-6-17(15)25-14-16/h3-6,12H,2,7-11,13-14H2,1H3,(H,20,23). The molecule has 6 heteroatoms. The molecule has 3 rings (SSSR count). The molecular formula is C19H25N3O3. The van der Waals surface area contributed by atoms with E-state index in [2.05, 4.69) is 10.2 Å². The van der Waals surface area contributed by atoms with E-state index in [1.54, 1.807) is 0 Å². The molecule has 0 spiro atoms. The Hall–Kier alpha value is -2.34. The third-order valence-electron chi connectivity index (χ3n) is 4.51. The number of benzene rings is 1. The molecule has 0 unspecified atom stereocenters. The van der Waals surface area contributed by atoms with Crippen LogP contribution in [0, 0.1) is 0 Å². The van der Waals surface area contributed by atoms with E-state index in [0.717, 1.165) is 30.8 Å². The molecule has 2 amide bonds. The van der Waals surface area contributed by atoms with Gasteiger partial charge < -0.3 is 15.0 Å². The summed E-state index contributed by atoms with van der Waals surface area (Å²) in [5, 5.41) is 2.89. The number of hydrogen-bond acceptors (Lipinski definition) is 4. The third kappa shape index (κ3) is 4.39. The topological polar surface area (TPSA) is 61.9 Å². The monoisotopic (exact) mass is 343 g/mol. The number of ether oxygens (including phenoxy) is 1. The minimum Gasteiger partial charge on any atom is -0.488 e. The number of amides is 2. The van der Waals surface area contributed by atoms with Gasteiger partial charge in [0.2, 0.25) is 5.91 Å². The van der Waals surface area contributed by atoms with Gasteiger partial charge in [-0.1, -0.05) is 25.1 Å². The van der Waals surface area contributed by atoms with Crippen LogP contribution in [0.5, 0.6) is 5.75 Å². The number of nitrogens with zero attached hydrogens (tertiary/aromatic N) is 2. The van der Waals surface area contributed by atoms with Crippen molar-refractivity contribution in [2.45, 2.75) is 13.3 Å². The summed E-state index contributed by atoms with van der Waals surface area (Å²) in [6, 6.07) is 7.73. The van der Waals surface area contributed by atoms with Crippen LogP contribution in [0.2, 0.25) is 0 Å². The van der Waals surface area contributed by atoms with Crippen molar-refractivity contribution < 1.29 is 14.3 Å². The van der Waals surface area contributed by atoms with Gasteiger partial charge in [0.15, 0.2) is 0 Å². The second-order valence-electron chi connectivity index (χ2n) is 6.41. The van der Waals surface area contributed by atoms with Crippen molar-refractivity contribution in [3.05, 3.63) is 35.4 Å². The molecule has 0 aliphatic carbocycles. The highest BCUT2D eigenvalue weighted by molar-refractivity contribution is 5.99. The van der Waals surface area contributed by atoms with E-state index in [4.69, 9.17) is 4.74 Å². The van der Waals surface area contributed by atoms with E-state index in [1.165, 1.54) is 0 Å². The van der Waals surface area contributed by atoms with E-state index in [-0.39, 0.29) is 11.8 Å². The highest BCUT2D eigenvalue weighted by Crippen LogP contribution is 2.26. The van der Waals surface area contributed by atoms with E-state index in [9.17, 15) is 9.59 Å². The molecule has 2 heterocycles. The first-order chi connectivity index (χ1) is 12.2. The number of para-hydroxylation sites is 1. The van der Waals surface area contributed by atoms with Crippen molar-refractivity contribution in [3.63, 3.8) is 0 Å². The fourth-order valence-electron chi connectivity index (χ4n) is 3.08. The van der Waals surface area contributed by atoms with Gasteiger partial charge in [0, 0.05) is 38.3 Å². The zero-order chi connectivity index (χ0) is 17.6. The van der Waals surface area contributed by atoms with Crippen LogP contribution in [0.25, 0.3) is 6.08 Å². The summed E-state index contributed by atoms with van der Waals surface area (Å²) in [6.45, 7) is 6.18. The highest BCUT2D eigenvalue weighted by atomic mass is 16.5. The summed E-state index contributed by atoms with van der Waals surface area (Å²) in [7, 11) is 0. The molecule has 25 heavy (non-hydrogen) atoms. The van der Waals surface area contributed by atoms with E-state index < -0.39 is 0 Å².